The number of aromatic nitrogens is 3. The number of rotatable bonds is 7. The van der Waals surface area contributed by atoms with E-state index in [4.69, 9.17) is 14.5 Å². The number of benzene rings is 1. The Bertz CT molecular complexity index is 1050. The SMILES string of the molecule is COc1cc(OC)cc(C(=O)N2CC[C@@H](Cc3nc4cccnc4n3CC(C)C)C2)c1. The van der Waals surface area contributed by atoms with Crippen LogP contribution in [0.15, 0.2) is 36.5 Å². The summed E-state index contributed by atoms with van der Waals surface area (Å²) in [5, 5.41) is 0. The van der Waals surface area contributed by atoms with E-state index in [9.17, 15) is 4.79 Å². The summed E-state index contributed by atoms with van der Waals surface area (Å²) < 4.78 is 12.9. The highest BCUT2D eigenvalue weighted by atomic mass is 16.5. The molecule has 3 aromatic rings. The first-order chi connectivity index (χ1) is 15.0. The van der Waals surface area contributed by atoms with Crippen LogP contribution in [0.3, 0.4) is 0 Å². The summed E-state index contributed by atoms with van der Waals surface area (Å²) in [7, 11) is 3.18. The van der Waals surface area contributed by atoms with Gasteiger partial charge >= 0.3 is 0 Å². The summed E-state index contributed by atoms with van der Waals surface area (Å²) in [6.45, 7) is 6.76. The van der Waals surface area contributed by atoms with Crippen LogP contribution in [0.25, 0.3) is 11.2 Å². The number of hydrogen-bond acceptors (Lipinski definition) is 5. The normalized spacial score (nSPS) is 16.3. The van der Waals surface area contributed by atoms with Gasteiger partial charge in [0.1, 0.15) is 22.8 Å². The maximum Gasteiger partial charge on any atom is 0.254 e. The maximum absolute atomic E-state index is 13.1. The number of carbonyl (C=O) groups is 1. The molecule has 7 heteroatoms. The number of nitrogens with zero attached hydrogens (tertiary/aromatic N) is 4. The molecule has 4 rings (SSSR count). The molecule has 1 fully saturated rings. The second-order valence-electron chi connectivity index (χ2n) is 8.59. The Morgan fingerprint density at radius 1 is 1.19 bits per heavy atom. The zero-order chi connectivity index (χ0) is 22.0. The van der Waals surface area contributed by atoms with Crippen LogP contribution in [-0.2, 0) is 13.0 Å². The van der Waals surface area contributed by atoms with Gasteiger partial charge < -0.3 is 18.9 Å². The number of ether oxygens (including phenoxy) is 2. The van der Waals surface area contributed by atoms with Gasteiger partial charge in [-0.25, -0.2) is 9.97 Å². The van der Waals surface area contributed by atoms with Gasteiger partial charge in [0.15, 0.2) is 5.65 Å². The molecule has 0 N–H and O–H groups in total. The van der Waals surface area contributed by atoms with Crippen LogP contribution in [0, 0.1) is 11.8 Å². The van der Waals surface area contributed by atoms with Crippen molar-refractivity contribution in [1.29, 1.82) is 0 Å². The van der Waals surface area contributed by atoms with E-state index in [1.54, 1.807) is 32.4 Å². The zero-order valence-electron chi connectivity index (χ0n) is 18.7. The molecule has 1 aliphatic heterocycles. The lowest BCUT2D eigenvalue weighted by Crippen LogP contribution is -2.29. The molecule has 7 nitrogen and oxygen atoms in total. The van der Waals surface area contributed by atoms with Crippen molar-refractivity contribution in [2.75, 3.05) is 27.3 Å². The molecule has 1 saturated heterocycles. The van der Waals surface area contributed by atoms with E-state index in [0.29, 0.717) is 28.9 Å². The lowest BCUT2D eigenvalue weighted by atomic mass is 10.0. The van der Waals surface area contributed by atoms with Crippen molar-refractivity contribution in [3.05, 3.63) is 47.9 Å². The van der Waals surface area contributed by atoms with Crippen molar-refractivity contribution in [2.24, 2.45) is 11.8 Å². The molecule has 0 aliphatic carbocycles. The Kier molecular flexibility index (Phi) is 6.11. The lowest BCUT2D eigenvalue weighted by Gasteiger charge is -2.18. The summed E-state index contributed by atoms with van der Waals surface area (Å²) in [5.41, 5.74) is 2.47. The minimum Gasteiger partial charge on any atom is -0.497 e. The van der Waals surface area contributed by atoms with Crippen molar-refractivity contribution in [3.8, 4) is 11.5 Å². The Morgan fingerprint density at radius 2 is 1.94 bits per heavy atom. The van der Waals surface area contributed by atoms with Crippen LogP contribution in [-0.4, -0.2) is 52.7 Å². The van der Waals surface area contributed by atoms with Crippen molar-refractivity contribution in [1.82, 2.24) is 19.4 Å². The van der Waals surface area contributed by atoms with Crippen molar-refractivity contribution < 1.29 is 14.3 Å². The molecule has 0 saturated carbocycles. The van der Waals surface area contributed by atoms with Crippen LogP contribution < -0.4 is 9.47 Å². The molecule has 0 unspecified atom stereocenters. The second-order valence-corrected chi connectivity index (χ2v) is 8.59. The van der Waals surface area contributed by atoms with E-state index in [1.165, 1.54) is 0 Å². The fourth-order valence-electron chi connectivity index (χ4n) is 4.27. The molecule has 0 radical (unpaired) electrons. The largest absolute Gasteiger partial charge is 0.497 e. The van der Waals surface area contributed by atoms with Crippen molar-refractivity contribution in [2.45, 2.75) is 33.2 Å². The third-order valence-electron chi connectivity index (χ3n) is 5.77. The Hall–Kier alpha value is -3.09. The van der Waals surface area contributed by atoms with Gasteiger partial charge in [0.25, 0.3) is 5.91 Å². The van der Waals surface area contributed by atoms with Crippen LogP contribution in [0.1, 0.15) is 36.5 Å². The molecule has 2 aromatic heterocycles. The highest BCUT2D eigenvalue weighted by molar-refractivity contribution is 5.95. The van der Waals surface area contributed by atoms with Gasteiger partial charge in [0, 0.05) is 43.9 Å². The summed E-state index contributed by atoms with van der Waals surface area (Å²) in [6.07, 6.45) is 3.63. The molecular formula is C24H30N4O3. The zero-order valence-corrected chi connectivity index (χ0v) is 18.7. The topological polar surface area (TPSA) is 69.5 Å². The number of fused-ring (bicyclic) bond motifs is 1. The third kappa shape index (κ3) is 4.50. The van der Waals surface area contributed by atoms with Crippen LogP contribution in [0.4, 0.5) is 0 Å². The molecule has 0 spiro atoms. The minimum absolute atomic E-state index is 0.0112. The fraction of sp³-hybridized carbons (Fsp3) is 0.458. The number of amides is 1. The predicted molar refractivity (Wildman–Crippen MR) is 120 cm³/mol. The minimum atomic E-state index is 0.0112. The summed E-state index contributed by atoms with van der Waals surface area (Å²) in [4.78, 5) is 24.5. The van der Waals surface area contributed by atoms with E-state index in [-0.39, 0.29) is 5.91 Å². The Labute approximate surface area is 183 Å². The van der Waals surface area contributed by atoms with E-state index in [2.05, 4.69) is 23.4 Å². The van der Waals surface area contributed by atoms with Gasteiger partial charge in [-0.05, 0) is 42.5 Å². The molecule has 1 aliphatic rings. The van der Waals surface area contributed by atoms with E-state index in [0.717, 1.165) is 49.5 Å². The fourth-order valence-corrected chi connectivity index (χ4v) is 4.27. The molecule has 1 atom stereocenters. The first-order valence-electron chi connectivity index (χ1n) is 10.8. The number of pyridine rings is 1. The third-order valence-corrected chi connectivity index (χ3v) is 5.77. The van der Waals surface area contributed by atoms with Gasteiger partial charge in [-0.15, -0.1) is 0 Å². The quantitative estimate of drug-likeness (QED) is 0.579. The first-order valence-corrected chi connectivity index (χ1v) is 10.8. The van der Waals surface area contributed by atoms with E-state index >= 15 is 0 Å². The Balaban J connectivity index is 1.50. The Morgan fingerprint density at radius 3 is 2.61 bits per heavy atom. The van der Waals surface area contributed by atoms with Crippen LogP contribution in [0.2, 0.25) is 0 Å². The standard InChI is InChI=1S/C24H30N4O3/c1-16(2)14-28-22(26-21-6-5-8-25-23(21)28)10-17-7-9-27(15-17)24(29)18-11-19(30-3)13-20(12-18)31-4/h5-6,8,11-13,16-17H,7,9-10,14-15H2,1-4H3/t17-/m0/s1. The van der Waals surface area contributed by atoms with Crippen LogP contribution in [0.5, 0.6) is 11.5 Å². The van der Waals surface area contributed by atoms with Gasteiger partial charge in [0.05, 0.1) is 14.2 Å². The highest BCUT2D eigenvalue weighted by Gasteiger charge is 2.29. The van der Waals surface area contributed by atoms with Crippen molar-refractivity contribution in [3.63, 3.8) is 0 Å². The number of carbonyl (C=O) groups excluding carboxylic acids is 1. The van der Waals surface area contributed by atoms with Gasteiger partial charge in [-0.3, -0.25) is 4.79 Å². The smallest absolute Gasteiger partial charge is 0.254 e. The molecule has 164 valence electrons. The second kappa shape index (κ2) is 8.96. The van der Waals surface area contributed by atoms with Gasteiger partial charge in [-0.2, -0.15) is 0 Å². The van der Waals surface area contributed by atoms with Crippen molar-refractivity contribution >= 4 is 17.1 Å². The average Bonchev–Trinajstić information content (AvgIpc) is 3.37. The van der Waals surface area contributed by atoms with Gasteiger partial charge in [-0.1, -0.05) is 13.8 Å². The van der Waals surface area contributed by atoms with E-state index in [1.807, 2.05) is 23.2 Å². The predicted octanol–water partition coefficient (Wildman–Crippen LogP) is 3.81. The lowest BCUT2D eigenvalue weighted by molar-refractivity contribution is 0.0786. The first kappa shape index (κ1) is 21.2. The molecule has 31 heavy (non-hydrogen) atoms. The number of imidazole rings is 1. The summed E-state index contributed by atoms with van der Waals surface area (Å²) >= 11 is 0. The van der Waals surface area contributed by atoms with Gasteiger partial charge in [0.2, 0.25) is 0 Å². The maximum atomic E-state index is 13.1. The molecule has 1 amide bonds. The monoisotopic (exact) mass is 422 g/mol. The highest BCUT2D eigenvalue weighted by Crippen LogP contribution is 2.27. The van der Waals surface area contributed by atoms with E-state index < -0.39 is 0 Å². The number of methoxy groups -OCH3 is 2. The van der Waals surface area contributed by atoms with Crippen LogP contribution >= 0.6 is 0 Å². The summed E-state index contributed by atoms with van der Waals surface area (Å²) in [6, 6.07) is 9.26. The molecule has 3 heterocycles. The summed E-state index contributed by atoms with van der Waals surface area (Å²) in [5.74, 6) is 3.19. The molecule has 0 bridgehead atoms. The number of likely N-dealkylation sites (tertiary alicyclic amines) is 1. The number of hydrogen-bond donors (Lipinski definition) is 0. The average molecular weight is 423 g/mol. The molecular weight excluding hydrogens is 392 g/mol. The molecule has 1 aromatic carbocycles.